The maximum Gasteiger partial charge on any atom is 0.175 e. The van der Waals surface area contributed by atoms with E-state index in [1.807, 2.05) is 17.8 Å². The van der Waals surface area contributed by atoms with Crippen molar-refractivity contribution in [2.24, 2.45) is 0 Å². The SMILES string of the molecule is CCCNCc1cc(Br)c(OCCCSCC)c(OC)c1. The van der Waals surface area contributed by atoms with Crippen LogP contribution in [0.15, 0.2) is 16.6 Å². The molecule has 0 atom stereocenters. The third kappa shape index (κ3) is 6.94. The molecule has 5 heteroatoms. The zero-order valence-electron chi connectivity index (χ0n) is 13.2. The molecule has 0 aliphatic carbocycles. The summed E-state index contributed by atoms with van der Waals surface area (Å²) >= 11 is 5.53. The Morgan fingerprint density at radius 2 is 2.10 bits per heavy atom. The Bertz CT molecular complexity index is 416. The molecule has 0 aliphatic rings. The lowest BCUT2D eigenvalue weighted by molar-refractivity contribution is 0.293. The van der Waals surface area contributed by atoms with E-state index >= 15 is 0 Å². The molecule has 21 heavy (non-hydrogen) atoms. The van der Waals surface area contributed by atoms with Crippen molar-refractivity contribution in [3.8, 4) is 11.5 Å². The highest BCUT2D eigenvalue weighted by molar-refractivity contribution is 9.10. The normalized spacial score (nSPS) is 10.7. The van der Waals surface area contributed by atoms with Gasteiger partial charge >= 0.3 is 0 Å². The molecule has 0 amide bonds. The van der Waals surface area contributed by atoms with E-state index < -0.39 is 0 Å². The molecule has 0 aromatic heterocycles. The lowest BCUT2D eigenvalue weighted by Gasteiger charge is -2.14. The lowest BCUT2D eigenvalue weighted by atomic mass is 10.2. The van der Waals surface area contributed by atoms with Gasteiger partial charge in [-0.05, 0) is 64.5 Å². The number of ether oxygens (including phenoxy) is 2. The van der Waals surface area contributed by atoms with Crippen molar-refractivity contribution < 1.29 is 9.47 Å². The van der Waals surface area contributed by atoms with Crippen LogP contribution in [-0.2, 0) is 6.54 Å². The highest BCUT2D eigenvalue weighted by Crippen LogP contribution is 2.36. The van der Waals surface area contributed by atoms with Crippen LogP contribution in [0, 0.1) is 0 Å². The first-order valence-electron chi connectivity index (χ1n) is 7.50. The van der Waals surface area contributed by atoms with Gasteiger partial charge in [0.2, 0.25) is 0 Å². The number of nitrogens with one attached hydrogen (secondary N) is 1. The van der Waals surface area contributed by atoms with Crippen molar-refractivity contribution in [3.05, 3.63) is 22.2 Å². The third-order valence-electron chi connectivity index (χ3n) is 2.93. The second-order valence-corrected chi connectivity index (χ2v) is 6.93. The van der Waals surface area contributed by atoms with Gasteiger partial charge in [0.25, 0.3) is 0 Å². The average molecular weight is 376 g/mol. The van der Waals surface area contributed by atoms with Crippen molar-refractivity contribution >= 4 is 27.7 Å². The van der Waals surface area contributed by atoms with Gasteiger partial charge in [0.1, 0.15) is 0 Å². The zero-order valence-corrected chi connectivity index (χ0v) is 15.6. The Hall–Kier alpha value is -0.390. The van der Waals surface area contributed by atoms with Gasteiger partial charge in [-0.2, -0.15) is 11.8 Å². The number of methoxy groups -OCH3 is 1. The van der Waals surface area contributed by atoms with Crippen LogP contribution in [-0.4, -0.2) is 31.8 Å². The summed E-state index contributed by atoms with van der Waals surface area (Å²) in [7, 11) is 1.69. The summed E-state index contributed by atoms with van der Waals surface area (Å²) in [6, 6.07) is 4.14. The van der Waals surface area contributed by atoms with E-state index in [0.717, 1.165) is 60.0 Å². The maximum absolute atomic E-state index is 5.88. The molecule has 1 rings (SSSR count). The van der Waals surface area contributed by atoms with Crippen LogP contribution in [0.4, 0.5) is 0 Å². The molecule has 1 N–H and O–H groups in total. The maximum atomic E-state index is 5.88. The molecule has 0 radical (unpaired) electrons. The van der Waals surface area contributed by atoms with E-state index in [1.165, 1.54) is 5.56 Å². The number of thioether (sulfide) groups is 1. The highest BCUT2D eigenvalue weighted by Gasteiger charge is 2.11. The Kier molecular flexibility index (Phi) is 9.96. The fraction of sp³-hybridized carbons (Fsp3) is 0.625. The van der Waals surface area contributed by atoms with E-state index in [-0.39, 0.29) is 0 Å². The van der Waals surface area contributed by atoms with Crippen molar-refractivity contribution in [1.29, 1.82) is 0 Å². The van der Waals surface area contributed by atoms with Gasteiger partial charge in [-0.25, -0.2) is 0 Å². The Morgan fingerprint density at radius 3 is 2.76 bits per heavy atom. The standard InChI is InChI=1S/C16H26BrNO2S/c1-4-7-18-12-13-10-14(17)16(15(11-13)19-3)20-8-6-9-21-5-2/h10-11,18H,4-9,12H2,1-3H3. The summed E-state index contributed by atoms with van der Waals surface area (Å²) in [5.41, 5.74) is 1.20. The van der Waals surface area contributed by atoms with Gasteiger partial charge in [0, 0.05) is 6.54 Å². The fourth-order valence-electron chi connectivity index (χ4n) is 1.90. The van der Waals surface area contributed by atoms with Crippen LogP contribution in [0.5, 0.6) is 11.5 Å². The molecule has 0 unspecified atom stereocenters. The molecular weight excluding hydrogens is 350 g/mol. The minimum absolute atomic E-state index is 0.718. The van der Waals surface area contributed by atoms with Gasteiger partial charge in [-0.3, -0.25) is 0 Å². The fourth-order valence-corrected chi connectivity index (χ4v) is 3.12. The number of hydrogen-bond donors (Lipinski definition) is 1. The largest absolute Gasteiger partial charge is 0.493 e. The first-order valence-corrected chi connectivity index (χ1v) is 9.45. The van der Waals surface area contributed by atoms with Gasteiger partial charge in [0.15, 0.2) is 11.5 Å². The predicted molar refractivity (Wildman–Crippen MR) is 95.8 cm³/mol. The van der Waals surface area contributed by atoms with Crippen molar-refractivity contribution in [2.75, 3.05) is 31.8 Å². The Labute approximate surface area is 141 Å². The molecule has 0 fully saturated rings. The monoisotopic (exact) mass is 375 g/mol. The van der Waals surface area contributed by atoms with Gasteiger partial charge < -0.3 is 14.8 Å². The second-order valence-electron chi connectivity index (χ2n) is 4.68. The molecule has 0 saturated carbocycles. The third-order valence-corrected chi connectivity index (χ3v) is 4.50. The number of hydrogen-bond acceptors (Lipinski definition) is 4. The summed E-state index contributed by atoms with van der Waals surface area (Å²) in [4.78, 5) is 0. The highest BCUT2D eigenvalue weighted by atomic mass is 79.9. The van der Waals surface area contributed by atoms with Crippen molar-refractivity contribution in [3.63, 3.8) is 0 Å². The first-order chi connectivity index (χ1) is 10.2. The molecule has 0 aliphatic heterocycles. The zero-order chi connectivity index (χ0) is 15.5. The van der Waals surface area contributed by atoms with E-state index in [4.69, 9.17) is 9.47 Å². The van der Waals surface area contributed by atoms with Crippen LogP contribution in [0.3, 0.4) is 0 Å². The molecule has 1 aromatic rings. The first kappa shape index (κ1) is 18.7. The summed E-state index contributed by atoms with van der Waals surface area (Å²) < 4.78 is 12.3. The quantitative estimate of drug-likeness (QED) is 0.577. The molecule has 0 heterocycles. The van der Waals surface area contributed by atoms with Gasteiger partial charge in [-0.1, -0.05) is 13.8 Å². The van der Waals surface area contributed by atoms with Crippen LogP contribution in [0.25, 0.3) is 0 Å². The van der Waals surface area contributed by atoms with E-state index in [9.17, 15) is 0 Å². The Balaban J connectivity index is 2.61. The smallest absolute Gasteiger partial charge is 0.175 e. The second kappa shape index (κ2) is 11.2. The Morgan fingerprint density at radius 1 is 1.29 bits per heavy atom. The average Bonchev–Trinajstić information content (AvgIpc) is 2.48. The van der Waals surface area contributed by atoms with Crippen LogP contribution in [0.2, 0.25) is 0 Å². The molecule has 3 nitrogen and oxygen atoms in total. The molecule has 0 bridgehead atoms. The molecular formula is C16H26BrNO2S. The molecule has 1 aromatic carbocycles. The topological polar surface area (TPSA) is 30.5 Å². The number of halogens is 1. The summed E-state index contributed by atoms with van der Waals surface area (Å²) in [5.74, 6) is 3.89. The van der Waals surface area contributed by atoms with E-state index in [1.54, 1.807) is 7.11 Å². The lowest BCUT2D eigenvalue weighted by Crippen LogP contribution is -2.14. The van der Waals surface area contributed by atoms with Gasteiger partial charge in [0.05, 0.1) is 18.2 Å². The summed E-state index contributed by atoms with van der Waals surface area (Å²) in [6.45, 7) is 6.92. The summed E-state index contributed by atoms with van der Waals surface area (Å²) in [6.07, 6.45) is 2.18. The number of rotatable bonds is 11. The minimum atomic E-state index is 0.718. The van der Waals surface area contributed by atoms with Crippen molar-refractivity contribution in [1.82, 2.24) is 5.32 Å². The van der Waals surface area contributed by atoms with Crippen LogP contribution >= 0.6 is 27.7 Å². The van der Waals surface area contributed by atoms with Crippen LogP contribution in [0.1, 0.15) is 32.3 Å². The van der Waals surface area contributed by atoms with E-state index in [2.05, 4.69) is 41.2 Å². The predicted octanol–water partition coefficient (Wildman–Crippen LogP) is 4.48. The molecule has 0 saturated heterocycles. The summed E-state index contributed by atoms with van der Waals surface area (Å²) in [5, 5.41) is 3.40. The van der Waals surface area contributed by atoms with Crippen LogP contribution < -0.4 is 14.8 Å². The number of benzene rings is 1. The van der Waals surface area contributed by atoms with Crippen molar-refractivity contribution in [2.45, 2.75) is 33.2 Å². The van der Waals surface area contributed by atoms with E-state index in [0.29, 0.717) is 0 Å². The minimum Gasteiger partial charge on any atom is -0.493 e. The molecule has 120 valence electrons. The van der Waals surface area contributed by atoms with Gasteiger partial charge in [-0.15, -0.1) is 0 Å². The molecule has 0 spiro atoms.